The second kappa shape index (κ2) is 6.70. The van der Waals surface area contributed by atoms with Gasteiger partial charge in [0.1, 0.15) is 0 Å². The molecule has 0 aromatic heterocycles. The molecule has 2 saturated heterocycles. The van der Waals surface area contributed by atoms with Crippen LogP contribution < -0.4 is 0 Å². The minimum absolute atomic E-state index is 0.0897. The molecule has 0 spiro atoms. The van der Waals surface area contributed by atoms with Gasteiger partial charge in [-0.2, -0.15) is 17.0 Å². The Kier molecular flexibility index (Phi) is 5.42. The fourth-order valence-corrected chi connectivity index (χ4v) is 5.11. The van der Waals surface area contributed by atoms with Gasteiger partial charge >= 0.3 is 0 Å². The molecule has 20 heavy (non-hydrogen) atoms. The van der Waals surface area contributed by atoms with E-state index in [0.717, 1.165) is 25.7 Å². The second-order valence-corrected chi connectivity index (χ2v) is 7.76. The Hall–Kier alpha value is -0.210. The first-order valence-corrected chi connectivity index (χ1v) is 8.88. The maximum atomic E-state index is 12.8. The first-order valence-electron chi connectivity index (χ1n) is 7.48. The Bertz CT molecular complexity index is 405. The Labute approximate surface area is 121 Å². The quantitative estimate of drug-likeness (QED) is 0.828. The third-order valence-corrected chi connectivity index (χ3v) is 6.07. The molecule has 2 fully saturated rings. The van der Waals surface area contributed by atoms with Gasteiger partial charge in [0, 0.05) is 25.7 Å². The van der Waals surface area contributed by atoms with Crippen molar-refractivity contribution < 1.29 is 18.3 Å². The highest BCUT2D eigenvalue weighted by atomic mass is 32.2. The van der Waals surface area contributed by atoms with Gasteiger partial charge in [-0.15, -0.1) is 0 Å². The van der Waals surface area contributed by atoms with Gasteiger partial charge in [-0.1, -0.05) is 12.8 Å². The normalized spacial score (nSPS) is 34.9. The van der Waals surface area contributed by atoms with Crippen LogP contribution in [0, 0.1) is 0 Å². The molecule has 2 rings (SSSR count). The first-order chi connectivity index (χ1) is 9.45. The molecule has 3 unspecified atom stereocenters. The molecule has 0 amide bonds. The number of aliphatic hydroxyl groups is 1. The van der Waals surface area contributed by atoms with Crippen LogP contribution in [0.3, 0.4) is 0 Å². The van der Waals surface area contributed by atoms with E-state index in [1.165, 1.54) is 8.61 Å². The highest BCUT2D eigenvalue weighted by molar-refractivity contribution is 7.86. The van der Waals surface area contributed by atoms with Crippen LogP contribution in [0.2, 0.25) is 0 Å². The summed E-state index contributed by atoms with van der Waals surface area (Å²) in [5.41, 5.74) is 0. The van der Waals surface area contributed by atoms with E-state index in [0.29, 0.717) is 19.6 Å². The lowest BCUT2D eigenvalue weighted by atomic mass is 10.1. The summed E-state index contributed by atoms with van der Waals surface area (Å²) in [6, 6.07) is -0.282. The van der Waals surface area contributed by atoms with Crippen LogP contribution in [-0.4, -0.2) is 66.6 Å². The molecule has 0 bridgehead atoms. The molecule has 0 aromatic rings. The number of rotatable bonds is 3. The van der Waals surface area contributed by atoms with Crippen LogP contribution in [0.25, 0.3) is 0 Å². The van der Waals surface area contributed by atoms with Crippen LogP contribution in [0.5, 0.6) is 0 Å². The standard InChI is InChI=1S/C13H26N2O4S/c1-11-8-14(9-12(2)19-11)20(17,18)15-7-5-3-4-6-13(15)10-16/h11-13,16H,3-10H2,1-2H3. The van der Waals surface area contributed by atoms with Gasteiger partial charge in [0.15, 0.2) is 0 Å². The predicted octanol–water partition coefficient (Wildman–Crippen LogP) is 0.577. The lowest BCUT2D eigenvalue weighted by Crippen LogP contribution is -2.55. The molecule has 3 atom stereocenters. The van der Waals surface area contributed by atoms with E-state index < -0.39 is 10.2 Å². The summed E-state index contributed by atoms with van der Waals surface area (Å²) >= 11 is 0. The van der Waals surface area contributed by atoms with Crippen molar-refractivity contribution in [1.82, 2.24) is 8.61 Å². The maximum absolute atomic E-state index is 12.8. The molecular formula is C13H26N2O4S. The molecule has 2 aliphatic heterocycles. The smallest absolute Gasteiger partial charge is 0.282 e. The fraction of sp³-hybridized carbons (Fsp3) is 1.00. The molecular weight excluding hydrogens is 280 g/mol. The number of morpholine rings is 1. The third-order valence-electron chi connectivity index (χ3n) is 4.04. The SMILES string of the molecule is CC1CN(S(=O)(=O)N2CCCCCC2CO)CC(C)O1. The van der Waals surface area contributed by atoms with E-state index in [4.69, 9.17) is 4.74 Å². The van der Waals surface area contributed by atoms with E-state index in [2.05, 4.69) is 0 Å². The average molecular weight is 306 g/mol. The van der Waals surface area contributed by atoms with Gasteiger partial charge in [0.2, 0.25) is 0 Å². The van der Waals surface area contributed by atoms with Crippen LogP contribution >= 0.6 is 0 Å². The van der Waals surface area contributed by atoms with Crippen LogP contribution in [0.15, 0.2) is 0 Å². The van der Waals surface area contributed by atoms with E-state index in [1.54, 1.807) is 0 Å². The van der Waals surface area contributed by atoms with E-state index in [-0.39, 0.29) is 24.9 Å². The topological polar surface area (TPSA) is 70.1 Å². The molecule has 7 heteroatoms. The summed E-state index contributed by atoms with van der Waals surface area (Å²) in [6.07, 6.45) is 3.43. The average Bonchev–Trinajstić information content (AvgIpc) is 2.62. The summed E-state index contributed by atoms with van der Waals surface area (Å²) < 4.78 is 34.3. The number of hydrogen-bond donors (Lipinski definition) is 1. The fourth-order valence-electron chi connectivity index (χ4n) is 3.10. The van der Waals surface area contributed by atoms with Crippen LogP contribution in [0.1, 0.15) is 39.5 Å². The van der Waals surface area contributed by atoms with Gasteiger partial charge in [0.05, 0.1) is 18.8 Å². The van der Waals surface area contributed by atoms with Gasteiger partial charge in [0.25, 0.3) is 10.2 Å². The van der Waals surface area contributed by atoms with Crippen molar-refractivity contribution in [2.75, 3.05) is 26.2 Å². The lowest BCUT2D eigenvalue weighted by molar-refractivity contribution is -0.0459. The van der Waals surface area contributed by atoms with Crippen molar-refractivity contribution in [2.45, 2.75) is 57.8 Å². The highest BCUT2D eigenvalue weighted by Gasteiger charge is 2.38. The van der Waals surface area contributed by atoms with E-state index in [1.807, 2.05) is 13.8 Å². The first kappa shape index (κ1) is 16.2. The Morgan fingerprint density at radius 3 is 2.40 bits per heavy atom. The molecule has 0 radical (unpaired) electrons. The van der Waals surface area contributed by atoms with E-state index in [9.17, 15) is 13.5 Å². The molecule has 2 heterocycles. The summed E-state index contributed by atoms with van der Waals surface area (Å²) in [4.78, 5) is 0. The monoisotopic (exact) mass is 306 g/mol. The zero-order valence-electron chi connectivity index (χ0n) is 12.4. The van der Waals surface area contributed by atoms with E-state index >= 15 is 0 Å². The van der Waals surface area contributed by atoms with Crippen molar-refractivity contribution in [3.63, 3.8) is 0 Å². The van der Waals surface area contributed by atoms with Crippen molar-refractivity contribution in [3.05, 3.63) is 0 Å². The number of aliphatic hydroxyl groups excluding tert-OH is 1. The van der Waals surface area contributed by atoms with Crippen molar-refractivity contribution in [3.8, 4) is 0 Å². The molecule has 2 aliphatic rings. The van der Waals surface area contributed by atoms with Crippen LogP contribution in [-0.2, 0) is 14.9 Å². The third kappa shape index (κ3) is 3.51. The zero-order chi connectivity index (χ0) is 14.8. The molecule has 1 N–H and O–H groups in total. The van der Waals surface area contributed by atoms with Gasteiger partial charge in [-0.05, 0) is 26.7 Å². The minimum atomic E-state index is -3.51. The second-order valence-electron chi connectivity index (χ2n) is 5.88. The predicted molar refractivity (Wildman–Crippen MR) is 76.5 cm³/mol. The highest BCUT2D eigenvalue weighted by Crippen LogP contribution is 2.24. The Morgan fingerprint density at radius 1 is 1.15 bits per heavy atom. The summed E-state index contributed by atoms with van der Waals surface area (Å²) in [6.45, 7) is 4.97. The molecule has 6 nitrogen and oxygen atoms in total. The summed E-state index contributed by atoms with van der Waals surface area (Å²) in [7, 11) is -3.51. The summed E-state index contributed by atoms with van der Waals surface area (Å²) in [5.74, 6) is 0. The zero-order valence-corrected chi connectivity index (χ0v) is 13.2. The molecule has 0 saturated carbocycles. The lowest BCUT2D eigenvalue weighted by Gasteiger charge is -2.39. The van der Waals surface area contributed by atoms with Gasteiger partial charge in [-0.3, -0.25) is 0 Å². The Balaban J connectivity index is 2.18. The van der Waals surface area contributed by atoms with Gasteiger partial charge < -0.3 is 9.84 Å². The number of hydrogen-bond acceptors (Lipinski definition) is 4. The van der Waals surface area contributed by atoms with Gasteiger partial charge in [-0.25, -0.2) is 0 Å². The molecule has 0 aromatic carbocycles. The Morgan fingerprint density at radius 2 is 1.80 bits per heavy atom. The summed E-state index contributed by atoms with van der Waals surface area (Å²) in [5, 5.41) is 9.50. The largest absolute Gasteiger partial charge is 0.395 e. The maximum Gasteiger partial charge on any atom is 0.282 e. The van der Waals surface area contributed by atoms with Crippen molar-refractivity contribution in [1.29, 1.82) is 0 Å². The number of ether oxygens (including phenoxy) is 1. The minimum Gasteiger partial charge on any atom is -0.395 e. The van der Waals surface area contributed by atoms with Crippen LogP contribution in [0.4, 0.5) is 0 Å². The van der Waals surface area contributed by atoms with Crippen molar-refractivity contribution in [2.24, 2.45) is 0 Å². The van der Waals surface area contributed by atoms with Crippen molar-refractivity contribution >= 4 is 10.2 Å². The molecule has 0 aliphatic carbocycles. The molecule has 118 valence electrons. The number of nitrogens with zero attached hydrogens (tertiary/aromatic N) is 2.